The molecule has 0 amide bonds. The first-order chi connectivity index (χ1) is 34.5. The first-order valence-electron chi connectivity index (χ1n) is 26.0. The number of anilines is 6. The molecule has 350 valence electrons. The molecule has 4 heteroatoms. The van der Waals surface area contributed by atoms with Crippen LogP contribution >= 0.6 is 0 Å². The molecule has 0 saturated heterocycles. The number of nitrogens with zero attached hydrogens (tertiary/aromatic N) is 2. The highest BCUT2D eigenvalue weighted by atomic mass is 28.3. The number of hydrogen-bond acceptors (Lipinski definition) is 2. The van der Waals surface area contributed by atoms with Gasteiger partial charge in [-0.1, -0.05) is 199 Å². The van der Waals surface area contributed by atoms with Crippen molar-refractivity contribution in [2.45, 2.75) is 77.8 Å². The van der Waals surface area contributed by atoms with Crippen LogP contribution in [-0.2, 0) is 10.8 Å². The van der Waals surface area contributed by atoms with Crippen LogP contribution in [-0.4, -0.2) is 16.1 Å². The topological polar surface area (TPSA) is 6.48 Å². The van der Waals surface area contributed by atoms with Gasteiger partial charge in [-0.3, -0.25) is 0 Å². The Labute approximate surface area is 425 Å². The average Bonchev–Trinajstić information content (AvgIpc) is 3.75. The van der Waals surface area contributed by atoms with E-state index in [4.69, 9.17) is 0 Å². The maximum atomic E-state index is 2.60. The van der Waals surface area contributed by atoms with Gasteiger partial charge in [0.05, 0.1) is 27.5 Å². The van der Waals surface area contributed by atoms with E-state index in [1.165, 1.54) is 142 Å². The second kappa shape index (κ2) is 14.7. The molecule has 12 aromatic rings. The summed E-state index contributed by atoms with van der Waals surface area (Å²) in [4.78, 5) is 5.19. The highest BCUT2D eigenvalue weighted by Gasteiger charge is 2.38. The Morgan fingerprint density at radius 2 is 0.653 bits per heavy atom. The Balaban J connectivity index is 1.09. The predicted octanol–water partition coefficient (Wildman–Crippen LogP) is 18.5. The zero-order valence-electron chi connectivity index (χ0n) is 43.2. The monoisotopic (exact) mass is 960 g/mol. The van der Waals surface area contributed by atoms with Gasteiger partial charge in [0.25, 0.3) is 0 Å². The van der Waals surface area contributed by atoms with E-state index in [1.54, 1.807) is 0 Å². The summed E-state index contributed by atoms with van der Waals surface area (Å²) in [7, 11) is -3.98. The van der Waals surface area contributed by atoms with Crippen molar-refractivity contribution in [2.24, 2.45) is 0 Å². The number of para-hydroxylation sites is 2. The first-order valence-corrected chi connectivity index (χ1v) is 33.0. The summed E-state index contributed by atoms with van der Waals surface area (Å²) in [5.41, 5.74) is 12.6. The van der Waals surface area contributed by atoms with Crippen LogP contribution in [0.25, 0.3) is 75.4 Å². The summed E-state index contributed by atoms with van der Waals surface area (Å²) < 4.78 is 0. The highest BCUT2D eigenvalue weighted by molar-refractivity contribution is 6.91. The van der Waals surface area contributed by atoms with Crippen molar-refractivity contribution in [3.63, 3.8) is 0 Å². The van der Waals surface area contributed by atoms with Gasteiger partial charge in [0.1, 0.15) is 0 Å². The molecule has 0 unspecified atom stereocenters. The van der Waals surface area contributed by atoms with Gasteiger partial charge in [-0.05, 0) is 148 Å². The SMILES string of the molecule is CC1(C)c2cccc3ccc4cc(N(c5ccccc5)c5cc([Si](C)(C)C)c6ccc7c(N(c8ccccc8)c8cc9c%10c(ccc%11cccc(c%11%10)C9(C)C)c8)cc([Si](C)(C)C)c8ccc5c6c78)cc1c4c23. The molecule has 72 heavy (non-hydrogen) atoms. The molecule has 2 nitrogen and oxygen atoms in total. The third-order valence-electron chi connectivity index (χ3n) is 17.1. The molecule has 0 bridgehead atoms. The van der Waals surface area contributed by atoms with Crippen LogP contribution in [0.1, 0.15) is 49.9 Å². The molecule has 0 saturated carbocycles. The molecule has 12 aromatic carbocycles. The Hall–Kier alpha value is -7.25. The normalized spacial score (nSPS) is 14.8. The summed E-state index contributed by atoms with van der Waals surface area (Å²) >= 11 is 0. The number of benzene rings is 12. The molecule has 0 N–H and O–H groups in total. The van der Waals surface area contributed by atoms with E-state index in [2.05, 4.69) is 259 Å². The van der Waals surface area contributed by atoms with Crippen molar-refractivity contribution in [1.29, 1.82) is 0 Å². The minimum Gasteiger partial charge on any atom is -0.310 e. The lowest BCUT2D eigenvalue weighted by molar-refractivity contribution is 0.662. The van der Waals surface area contributed by atoms with E-state index in [0.29, 0.717) is 0 Å². The Morgan fingerprint density at radius 1 is 0.292 bits per heavy atom. The molecule has 0 aliphatic heterocycles. The average molecular weight is 961 g/mol. The Kier molecular flexibility index (Phi) is 8.88. The van der Waals surface area contributed by atoms with Crippen LogP contribution in [0.3, 0.4) is 0 Å². The maximum absolute atomic E-state index is 2.60. The van der Waals surface area contributed by atoms with E-state index in [-0.39, 0.29) is 10.8 Å². The fraction of sp³-hybridized carbons (Fsp3) is 0.176. The van der Waals surface area contributed by atoms with Crippen molar-refractivity contribution in [3.8, 4) is 0 Å². The summed E-state index contributed by atoms with van der Waals surface area (Å²) in [6.45, 7) is 24.9. The third-order valence-corrected chi connectivity index (χ3v) is 21.1. The van der Waals surface area contributed by atoms with Crippen LogP contribution in [0.2, 0.25) is 39.3 Å². The number of hydrogen-bond donors (Lipinski definition) is 0. The van der Waals surface area contributed by atoms with Gasteiger partial charge in [-0.2, -0.15) is 0 Å². The van der Waals surface area contributed by atoms with Gasteiger partial charge >= 0.3 is 0 Å². The molecule has 0 fully saturated rings. The Bertz CT molecular complexity index is 4010. The smallest absolute Gasteiger partial charge is 0.0785 e. The molecule has 2 aliphatic rings. The van der Waals surface area contributed by atoms with Gasteiger partial charge in [-0.25, -0.2) is 0 Å². The summed E-state index contributed by atoms with van der Waals surface area (Å²) in [6, 6.07) is 70.6. The van der Waals surface area contributed by atoms with Crippen molar-refractivity contribution >= 4 is 136 Å². The lowest BCUT2D eigenvalue weighted by Crippen LogP contribution is -2.39. The largest absolute Gasteiger partial charge is 0.310 e. The third kappa shape index (κ3) is 5.94. The van der Waals surface area contributed by atoms with Gasteiger partial charge in [-0.15, -0.1) is 0 Å². The molecule has 0 atom stereocenters. The highest BCUT2D eigenvalue weighted by Crippen LogP contribution is 2.55. The van der Waals surface area contributed by atoms with Gasteiger partial charge in [0.2, 0.25) is 0 Å². The van der Waals surface area contributed by atoms with Crippen molar-refractivity contribution in [1.82, 2.24) is 0 Å². The van der Waals surface area contributed by atoms with Crippen molar-refractivity contribution < 1.29 is 0 Å². The van der Waals surface area contributed by atoms with Gasteiger partial charge in [0.15, 0.2) is 0 Å². The van der Waals surface area contributed by atoms with Crippen molar-refractivity contribution in [3.05, 3.63) is 204 Å². The second-order valence-corrected chi connectivity index (χ2v) is 34.2. The molecule has 0 heterocycles. The van der Waals surface area contributed by atoms with E-state index in [9.17, 15) is 0 Å². The van der Waals surface area contributed by atoms with Crippen LogP contribution in [0, 0.1) is 0 Å². The minimum atomic E-state index is -1.99. The first kappa shape index (κ1) is 43.5. The van der Waals surface area contributed by atoms with E-state index >= 15 is 0 Å². The molecule has 2 aliphatic carbocycles. The zero-order valence-corrected chi connectivity index (χ0v) is 45.2. The standard InChI is InChI=1S/C68H60N2Si2/c1-67(2)53-25-17-19-41-27-29-43-35-47(37-55(67)63(43)61(41)53)69(45-21-13-11-14-22-45)57-39-59(71(5,6)7)51-34-32-50-58(40-60(72(8,9)10)52-33-31-49(57)65(51)66(50)52)70(46-23-15-12-16-24-46)48-36-44-30-28-42-20-18-26-54-62(42)64(44)56(38-48)68(54,3)4/h11-40H,1-10H3. The minimum absolute atomic E-state index is 0.143. The van der Waals surface area contributed by atoms with Crippen LogP contribution in [0.15, 0.2) is 182 Å². The fourth-order valence-corrected chi connectivity index (χ4v) is 16.8. The summed E-state index contributed by atoms with van der Waals surface area (Å²) in [5, 5.41) is 22.0. The van der Waals surface area contributed by atoms with Gasteiger partial charge in [0, 0.05) is 44.4 Å². The maximum Gasteiger partial charge on any atom is 0.0785 e. The lowest BCUT2D eigenvalue weighted by atomic mass is 9.81. The summed E-state index contributed by atoms with van der Waals surface area (Å²) in [6.07, 6.45) is 0. The molecule has 14 rings (SSSR count). The van der Waals surface area contributed by atoms with E-state index in [1.807, 2.05) is 0 Å². The number of rotatable bonds is 8. The molecule has 0 radical (unpaired) electrons. The molecule has 0 spiro atoms. The van der Waals surface area contributed by atoms with Crippen LogP contribution in [0.4, 0.5) is 34.1 Å². The zero-order chi connectivity index (χ0) is 49.4. The summed E-state index contributed by atoms with van der Waals surface area (Å²) in [5.74, 6) is 0. The van der Waals surface area contributed by atoms with E-state index < -0.39 is 16.1 Å². The second-order valence-electron chi connectivity index (χ2n) is 24.2. The quantitative estimate of drug-likeness (QED) is 0.111. The molecule has 0 aromatic heterocycles. The molecular weight excluding hydrogens is 901 g/mol. The fourth-order valence-electron chi connectivity index (χ4n) is 13.6. The predicted molar refractivity (Wildman–Crippen MR) is 320 cm³/mol. The van der Waals surface area contributed by atoms with Crippen molar-refractivity contribution in [2.75, 3.05) is 9.80 Å². The van der Waals surface area contributed by atoms with Crippen LogP contribution in [0.5, 0.6) is 0 Å². The Morgan fingerprint density at radius 3 is 1.04 bits per heavy atom. The van der Waals surface area contributed by atoms with E-state index in [0.717, 1.165) is 0 Å². The van der Waals surface area contributed by atoms with Gasteiger partial charge < -0.3 is 9.80 Å². The molecular formula is C68H60N2Si2. The van der Waals surface area contributed by atoms with Crippen LogP contribution < -0.4 is 20.2 Å². The lowest BCUT2D eigenvalue weighted by Gasteiger charge is -2.34.